The predicted octanol–water partition coefficient (Wildman–Crippen LogP) is 6.32. The van der Waals surface area contributed by atoms with Crippen LogP contribution in [-0.4, -0.2) is 36.0 Å². The SMILES string of the molecule is COc1ccc(/C(O)=C2/C(=O)C(=O)N(c3cccc(C(=O)OC(C)C)c3)C2c2cccc(C)c2)cc1C(C)C. The van der Waals surface area contributed by atoms with Crippen molar-refractivity contribution in [2.24, 2.45) is 0 Å². The van der Waals surface area contributed by atoms with Crippen molar-refractivity contribution in [3.8, 4) is 5.75 Å². The van der Waals surface area contributed by atoms with Gasteiger partial charge in [0.2, 0.25) is 0 Å². The van der Waals surface area contributed by atoms with Gasteiger partial charge in [0, 0.05) is 11.3 Å². The highest BCUT2D eigenvalue weighted by Gasteiger charge is 2.47. The number of ether oxygens (including phenoxy) is 2. The third-order valence-electron chi connectivity index (χ3n) is 6.63. The lowest BCUT2D eigenvalue weighted by atomic mass is 9.92. The number of aliphatic hydroxyl groups is 1. The van der Waals surface area contributed by atoms with Crippen LogP contribution >= 0.6 is 0 Å². The summed E-state index contributed by atoms with van der Waals surface area (Å²) in [4.78, 5) is 41.0. The number of nitrogens with zero attached hydrogens (tertiary/aromatic N) is 1. The first-order valence-electron chi connectivity index (χ1n) is 12.9. The minimum absolute atomic E-state index is 0.0272. The van der Waals surface area contributed by atoms with Gasteiger partial charge in [-0.1, -0.05) is 49.7 Å². The third-order valence-corrected chi connectivity index (χ3v) is 6.63. The summed E-state index contributed by atoms with van der Waals surface area (Å²) in [6, 6.07) is 18.1. The number of carbonyl (C=O) groups excluding carboxylic acids is 3. The minimum atomic E-state index is -0.911. The van der Waals surface area contributed by atoms with Crippen LogP contribution in [0, 0.1) is 6.92 Å². The van der Waals surface area contributed by atoms with Crippen LogP contribution < -0.4 is 9.64 Å². The van der Waals surface area contributed by atoms with Gasteiger partial charge in [-0.3, -0.25) is 14.5 Å². The van der Waals surface area contributed by atoms with E-state index in [0.717, 1.165) is 11.1 Å². The number of ketones is 1. The van der Waals surface area contributed by atoms with E-state index in [4.69, 9.17) is 9.47 Å². The van der Waals surface area contributed by atoms with Crippen molar-refractivity contribution in [3.05, 3.63) is 100 Å². The number of Topliss-reactive ketones (excluding diaryl/α,β-unsaturated/α-hetero) is 1. The summed E-state index contributed by atoms with van der Waals surface area (Å²) < 4.78 is 10.8. The molecule has 0 aromatic heterocycles. The summed E-state index contributed by atoms with van der Waals surface area (Å²) in [6.45, 7) is 9.43. The topological polar surface area (TPSA) is 93.1 Å². The number of benzene rings is 3. The monoisotopic (exact) mass is 527 g/mol. The maximum atomic E-state index is 13.6. The molecule has 1 saturated heterocycles. The first-order valence-corrected chi connectivity index (χ1v) is 12.9. The van der Waals surface area contributed by atoms with Gasteiger partial charge in [-0.2, -0.15) is 0 Å². The Kier molecular flexibility index (Phi) is 7.90. The number of hydrogen-bond donors (Lipinski definition) is 1. The second-order valence-electron chi connectivity index (χ2n) is 10.2. The number of aryl methyl sites for hydroxylation is 1. The van der Waals surface area contributed by atoms with Gasteiger partial charge in [-0.15, -0.1) is 0 Å². The molecule has 0 radical (unpaired) electrons. The molecule has 39 heavy (non-hydrogen) atoms. The molecule has 4 rings (SSSR count). The number of hydrogen-bond acceptors (Lipinski definition) is 6. The number of carbonyl (C=O) groups is 3. The Bertz CT molecular complexity index is 1470. The standard InChI is InChI=1S/C32H33NO6/c1-18(2)25-17-22(13-14-26(25)38-6)29(34)27-28(21-10-7-9-20(5)15-21)33(31(36)30(27)35)24-12-8-11-23(16-24)32(37)39-19(3)4/h7-19,28,34H,1-6H3/b29-27-. The van der Waals surface area contributed by atoms with Gasteiger partial charge in [0.15, 0.2) is 0 Å². The van der Waals surface area contributed by atoms with E-state index in [1.807, 2.05) is 45.0 Å². The van der Waals surface area contributed by atoms with E-state index in [-0.39, 0.29) is 28.9 Å². The van der Waals surface area contributed by atoms with E-state index in [1.54, 1.807) is 57.4 Å². The maximum Gasteiger partial charge on any atom is 0.338 e. The van der Waals surface area contributed by atoms with Crippen LogP contribution in [0.5, 0.6) is 5.75 Å². The van der Waals surface area contributed by atoms with Crippen molar-refractivity contribution in [2.45, 2.75) is 52.7 Å². The largest absolute Gasteiger partial charge is 0.507 e. The number of aliphatic hydroxyl groups excluding tert-OH is 1. The Labute approximate surface area is 228 Å². The summed E-state index contributed by atoms with van der Waals surface area (Å²) in [5.74, 6) is -1.65. The van der Waals surface area contributed by atoms with E-state index >= 15 is 0 Å². The van der Waals surface area contributed by atoms with Gasteiger partial charge < -0.3 is 14.6 Å². The van der Waals surface area contributed by atoms with E-state index in [2.05, 4.69) is 0 Å². The highest BCUT2D eigenvalue weighted by Crippen LogP contribution is 2.43. The Morgan fingerprint density at radius 3 is 2.28 bits per heavy atom. The number of rotatable bonds is 7. The zero-order chi connectivity index (χ0) is 28.4. The van der Waals surface area contributed by atoms with Crippen LogP contribution in [0.3, 0.4) is 0 Å². The lowest BCUT2D eigenvalue weighted by molar-refractivity contribution is -0.132. The molecule has 1 heterocycles. The fraction of sp³-hybridized carbons (Fsp3) is 0.281. The third kappa shape index (κ3) is 5.43. The number of anilines is 1. The second kappa shape index (κ2) is 11.2. The average Bonchev–Trinajstić information content (AvgIpc) is 3.17. The number of amides is 1. The van der Waals surface area contributed by atoms with Crippen molar-refractivity contribution in [1.29, 1.82) is 0 Å². The smallest absolute Gasteiger partial charge is 0.338 e. The van der Waals surface area contributed by atoms with Gasteiger partial charge in [-0.05, 0) is 74.2 Å². The van der Waals surface area contributed by atoms with Gasteiger partial charge >= 0.3 is 5.97 Å². The highest BCUT2D eigenvalue weighted by atomic mass is 16.5. The molecule has 7 heteroatoms. The van der Waals surface area contributed by atoms with Gasteiger partial charge in [-0.25, -0.2) is 4.79 Å². The quantitative estimate of drug-likeness (QED) is 0.167. The molecule has 0 bridgehead atoms. The fourth-order valence-electron chi connectivity index (χ4n) is 4.81. The summed E-state index contributed by atoms with van der Waals surface area (Å²) in [6.07, 6.45) is -0.317. The van der Waals surface area contributed by atoms with Crippen molar-refractivity contribution in [3.63, 3.8) is 0 Å². The fourth-order valence-corrected chi connectivity index (χ4v) is 4.81. The number of methoxy groups -OCH3 is 1. The van der Waals surface area contributed by atoms with Gasteiger partial charge in [0.25, 0.3) is 11.7 Å². The first kappa shape index (κ1) is 27.6. The molecule has 1 amide bonds. The lowest BCUT2D eigenvalue weighted by Crippen LogP contribution is -2.29. The van der Waals surface area contributed by atoms with E-state index in [0.29, 0.717) is 22.6 Å². The summed E-state index contributed by atoms with van der Waals surface area (Å²) >= 11 is 0. The Balaban J connectivity index is 1.92. The van der Waals surface area contributed by atoms with Crippen LogP contribution in [0.15, 0.2) is 72.3 Å². The molecule has 7 nitrogen and oxygen atoms in total. The molecule has 3 aromatic rings. The Hall–Kier alpha value is -4.39. The molecule has 0 aliphatic carbocycles. The molecule has 0 spiro atoms. The molecule has 1 aliphatic rings. The lowest BCUT2D eigenvalue weighted by Gasteiger charge is -2.26. The van der Waals surface area contributed by atoms with E-state index in [1.165, 1.54) is 11.0 Å². The summed E-state index contributed by atoms with van der Waals surface area (Å²) in [5, 5.41) is 11.6. The van der Waals surface area contributed by atoms with E-state index in [9.17, 15) is 19.5 Å². The van der Waals surface area contributed by atoms with Crippen molar-refractivity contribution in [2.75, 3.05) is 12.0 Å². The van der Waals surface area contributed by atoms with Gasteiger partial charge in [0.1, 0.15) is 11.5 Å². The Morgan fingerprint density at radius 2 is 1.64 bits per heavy atom. The summed E-state index contributed by atoms with van der Waals surface area (Å²) in [5.41, 5.74) is 3.42. The second-order valence-corrected chi connectivity index (χ2v) is 10.2. The minimum Gasteiger partial charge on any atom is -0.507 e. The van der Waals surface area contributed by atoms with Crippen molar-refractivity contribution < 1.29 is 29.0 Å². The summed E-state index contributed by atoms with van der Waals surface area (Å²) in [7, 11) is 1.58. The molecule has 1 atom stereocenters. The van der Waals surface area contributed by atoms with Crippen LogP contribution in [0.2, 0.25) is 0 Å². The average molecular weight is 528 g/mol. The van der Waals surface area contributed by atoms with Crippen LogP contribution in [0.4, 0.5) is 5.69 Å². The molecule has 1 aliphatic heterocycles. The normalized spacial score (nSPS) is 16.7. The van der Waals surface area contributed by atoms with E-state index < -0.39 is 23.7 Å². The maximum absolute atomic E-state index is 13.6. The van der Waals surface area contributed by atoms with Crippen LogP contribution in [0.1, 0.15) is 72.3 Å². The molecular formula is C32H33NO6. The molecule has 202 valence electrons. The zero-order valence-electron chi connectivity index (χ0n) is 23.0. The molecular weight excluding hydrogens is 494 g/mol. The highest BCUT2D eigenvalue weighted by molar-refractivity contribution is 6.51. The first-order chi connectivity index (χ1) is 18.5. The zero-order valence-corrected chi connectivity index (χ0v) is 23.0. The molecule has 1 fully saturated rings. The van der Waals surface area contributed by atoms with Crippen LogP contribution in [0.25, 0.3) is 5.76 Å². The van der Waals surface area contributed by atoms with Crippen molar-refractivity contribution >= 4 is 29.1 Å². The predicted molar refractivity (Wildman–Crippen MR) is 150 cm³/mol. The molecule has 1 unspecified atom stereocenters. The molecule has 1 N–H and O–H groups in total. The van der Waals surface area contributed by atoms with Gasteiger partial charge in [0.05, 0.1) is 30.4 Å². The molecule has 0 saturated carbocycles. The van der Waals surface area contributed by atoms with Crippen molar-refractivity contribution in [1.82, 2.24) is 0 Å². The molecule has 3 aromatic carbocycles. The number of esters is 1. The van der Waals surface area contributed by atoms with Crippen LogP contribution in [-0.2, 0) is 14.3 Å². The Morgan fingerprint density at radius 1 is 0.923 bits per heavy atom.